The van der Waals surface area contributed by atoms with Crippen molar-refractivity contribution in [2.45, 2.75) is 44.6 Å². The van der Waals surface area contributed by atoms with Crippen LogP contribution in [0.3, 0.4) is 0 Å². The van der Waals surface area contributed by atoms with Gasteiger partial charge in [0.05, 0.1) is 23.0 Å². The van der Waals surface area contributed by atoms with E-state index in [4.69, 9.17) is 16.3 Å². The van der Waals surface area contributed by atoms with Gasteiger partial charge in [0.2, 0.25) is 11.9 Å². The lowest BCUT2D eigenvalue weighted by molar-refractivity contribution is -0.159. The molecule has 2 aliphatic heterocycles. The Kier molecular flexibility index (Phi) is 7.40. The number of hydrogen-bond donors (Lipinski definition) is 2. The Morgan fingerprint density at radius 3 is 2.74 bits per heavy atom. The molecule has 2 aliphatic rings. The number of aromatic nitrogens is 4. The Balaban J connectivity index is 1.25. The summed E-state index contributed by atoms with van der Waals surface area (Å²) in [4.78, 5) is 39.1. The summed E-state index contributed by atoms with van der Waals surface area (Å²) in [5, 5.41) is 9.36. The van der Waals surface area contributed by atoms with Crippen molar-refractivity contribution in [1.82, 2.24) is 30.3 Å². The van der Waals surface area contributed by atoms with Gasteiger partial charge in [-0.1, -0.05) is 28.9 Å². The third-order valence-electron chi connectivity index (χ3n) is 6.34. The van der Waals surface area contributed by atoms with E-state index < -0.39 is 24.0 Å². The molecule has 1 unspecified atom stereocenters. The fourth-order valence-electron chi connectivity index (χ4n) is 4.35. The summed E-state index contributed by atoms with van der Waals surface area (Å²) in [6.45, 7) is 2.60. The smallest absolute Gasteiger partial charge is 0.381 e. The molecule has 0 radical (unpaired) electrons. The van der Waals surface area contributed by atoms with Gasteiger partial charge >= 0.3 is 12.1 Å². The number of ether oxygens (including phenoxy) is 1. The van der Waals surface area contributed by atoms with E-state index in [0.29, 0.717) is 46.6 Å². The summed E-state index contributed by atoms with van der Waals surface area (Å²) >= 11 is 6.38. The molecule has 0 aliphatic carbocycles. The zero-order valence-corrected chi connectivity index (χ0v) is 21.3. The zero-order valence-electron chi connectivity index (χ0n) is 20.6. The van der Waals surface area contributed by atoms with Crippen LogP contribution in [0.4, 0.5) is 19.1 Å². The van der Waals surface area contributed by atoms with Gasteiger partial charge < -0.3 is 24.8 Å². The first kappa shape index (κ1) is 26.8. The molecule has 11 nitrogen and oxygen atoms in total. The molecule has 0 saturated carbocycles. The maximum absolute atomic E-state index is 13.1. The quantitative estimate of drug-likeness (QED) is 0.440. The molecule has 1 fully saturated rings. The standard InChI is InChI=1S/C24H23ClF3N7O4/c1-12(20-33-22(39-34-20)24(26,27)28)30-18(36)11-35-10-14-3-2-13(8-16(14)21(35)37)19-17(25)9-29-23(32-19)31-15-4-6-38-7-5-15/h2-3,8-9,12,15H,4-7,10-11H2,1H3,(H,30,36)(H,29,31,32). The minimum Gasteiger partial charge on any atom is -0.381 e. The first-order valence-electron chi connectivity index (χ1n) is 12.1. The number of anilines is 1. The second-order valence-corrected chi connectivity index (χ2v) is 9.61. The van der Waals surface area contributed by atoms with Crippen molar-refractivity contribution in [3.63, 3.8) is 0 Å². The number of carbonyl (C=O) groups is 2. The van der Waals surface area contributed by atoms with Gasteiger partial charge in [-0.05, 0) is 31.4 Å². The Morgan fingerprint density at radius 1 is 1.26 bits per heavy atom. The molecule has 4 heterocycles. The molecule has 1 saturated heterocycles. The molecule has 15 heteroatoms. The van der Waals surface area contributed by atoms with Crippen LogP contribution in [0.2, 0.25) is 5.02 Å². The molecule has 2 N–H and O–H groups in total. The number of hydrogen-bond acceptors (Lipinski definition) is 9. The summed E-state index contributed by atoms with van der Waals surface area (Å²) in [6.07, 6.45) is -1.62. The monoisotopic (exact) mass is 565 g/mol. The van der Waals surface area contributed by atoms with Crippen LogP contribution in [0.1, 0.15) is 53.4 Å². The molecular weight excluding hydrogens is 543 g/mol. The van der Waals surface area contributed by atoms with E-state index in [-0.39, 0.29) is 30.9 Å². The maximum atomic E-state index is 13.1. The third-order valence-corrected chi connectivity index (χ3v) is 6.62. The number of amides is 2. The van der Waals surface area contributed by atoms with Gasteiger partial charge in [-0.2, -0.15) is 18.2 Å². The largest absolute Gasteiger partial charge is 0.471 e. The van der Waals surface area contributed by atoms with Crippen molar-refractivity contribution in [2.75, 3.05) is 25.1 Å². The third kappa shape index (κ3) is 5.96. The van der Waals surface area contributed by atoms with E-state index in [1.54, 1.807) is 18.2 Å². The second kappa shape index (κ2) is 10.8. The lowest BCUT2D eigenvalue weighted by Crippen LogP contribution is -2.38. The fraction of sp³-hybridized carbons (Fsp3) is 0.417. The van der Waals surface area contributed by atoms with Gasteiger partial charge in [0.15, 0.2) is 5.82 Å². The van der Waals surface area contributed by atoms with Crippen molar-refractivity contribution in [2.24, 2.45) is 0 Å². The van der Waals surface area contributed by atoms with Crippen LogP contribution in [-0.4, -0.2) is 62.6 Å². The first-order chi connectivity index (χ1) is 18.6. The Bertz CT molecular complexity index is 1390. The van der Waals surface area contributed by atoms with E-state index in [9.17, 15) is 22.8 Å². The molecule has 0 bridgehead atoms. The van der Waals surface area contributed by atoms with Gasteiger partial charge in [0, 0.05) is 36.9 Å². The van der Waals surface area contributed by atoms with Crippen LogP contribution in [0, 0.1) is 0 Å². The Morgan fingerprint density at radius 2 is 2.03 bits per heavy atom. The minimum absolute atomic E-state index is 0.184. The van der Waals surface area contributed by atoms with E-state index in [0.717, 1.165) is 12.8 Å². The summed E-state index contributed by atoms with van der Waals surface area (Å²) in [5.41, 5.74) is 2.18. The van der Waals surface area contributed by atoms with Crippen molar-refractivity contribution < 1.29 is 32.0 Å². The van der Waals surface area contributed by atoms with E-state index >= 15 is 0 Å². The topological polar surface area (TPSA) is 135 Å². The molecule has 206 valence electrons. The van der Waals surface area contributed by atoms with E-state index in [1.807, 2.05) is 0 Å². The molecule has 2 amide bonds. The Labute approximate surface area is 225 Å². The van der Waals surface area contributed by atoms with E-state index in [2.05, 4.69) is 35.3 Å². The van der Waals surface area contributed by atoms with Crippen LogP contribution in [0.25, 0.3) is 11.3 Å². The van der Waals surface area contributed by atoms with Crippen molar-refractivity contribution >= 4 is 29.4 Å². The lowest BCUT2D eigenvalue weighted by Gasteiger charge is -2.23. The van der Waals surface area contributed by atoms with Gasteiger partial charge in [0.25, 0.3) is 5.91 Å². The van der Waals surface area contributed by atoms with Gasteiger partial charge in [-0.25, -0.2) is 9.97 Å². The number of nitrogens with one attached hydrogen (secondary N) is 2. The summed E-state index contributed by atoms with van der Waals surface area (Å²) in [6, 6.07) is 4.45. The zero-order chi connectivity index (χ0) is 27.7. The van der Waals surface area contributed by atoms with Crippen LogP contribution in [-0.2, 0) is 22.3 Å². The molecule has 39 heavy (non-hydrogen) atoms. The predicted octanol–water partition coefficient (Wildman–Crippen LogP) is 3.62. The molecule has 1 aromatic carbocycles. The summed E-state index contributed by atoms with van der Waals surface area (Å²) in [7, 11) is 0. The first-order valence-corrected chi connectivity index (χ1v) is 12.5. The highest BCUT2D eigenvalue weighted by Crippen LogP contribution is 2.32. The minimum atomic E-state index is -4.79. The molecular formula is C24H23ClF3N7O4. The number of fused-ring (bicyclic) bond motifs is 1. The normalized spacial score (nSPS) is 16.7. The summed E-state index contributed by atoms with van der Waals surface area (Å²) in [5.74, 6) is -2.38. The molecule has 2 aromatic heterocycles. The van der Waals surface area contributed by atoms with Gasteiger partial charge in [-0.3, -0.25) is 9.59 Å². The van der Waals surface area contributed by atoms with Gasteiger partial charge in [0.1, 0.15) is 6.54 Å². The SMILES string of the molecule is CC(NC(=O)CN1Cc2ccc(-c3nc(NC4CCOCC4)ncc3Cl)cc2C1=O)c1noc(C(F)(F)F)n1. The molecule has 1 atom stereocenters. The molecule has 0 spiro atoms. The number of carbonyl (C=O) groups excluding carboxylic acids is 2. The van der Waals surface area contributed by atoms with Crippen LogP contribution >= 0.6 is 11.6 Å². The summed E-state index contributed by atoms with van der Waals surface area (Å²) < 4.78 is 47.7. The van der Waals surface area contributed by atoms with E-state index in [1.165, 1.54) is 18.0 Å². The van der Waals surface area contributed by atoms with Crippen molar-refractivity contribution in [3.05, 3.63) is 52.3 Å². The Hall–Kier alpha value is -3.78. The average Bonchev–Trinajstić information content (AvgIpc) is 3.52. The molecule has 3 aromatic rings. The molecule has 5 rings (SSSR count). The number of rotatable bonds is 7. The van der Waals surface area contributed by atoms with Crippen molar-refractivity contribution in [3.8, 4) is 11.3 Å². The average molecular weight is 566 g/mol. The second-order valence-electron chi connectivity index (χ2n) is 9.20. The predicted molar refractivity (Wildman–Crippen MR) is 131 cm³/mol. The highest BCUT2D eigenvalue weighted by Gasteiger charge is 2.39. The number of alkyl halides is 3. The lowest BCUT2D eigenvalue weighted by atomic mass is 10.0. The fourth-order valence-corrected chi connectivity index (χ4v) is 4.55. The number of nitrogens with zero attached hydrogens (tertiary/aromatic N) is 5. The van der Waals surface area contributed by atoms with Gasteiger partial charge in [-0.15, -0.1) is 0 Å². The maximum Gasteiger partial charge on any atom is 0.471 e. The highest BCUT2D eigenvalue weighted by molar-refractivity contribution is 6.33. The van der Waals surface area contributed by atoms with Crippen LogP contribution in [0.15, 0.2) is 28.9 Å². The highest BCUT2D eigenvalue weighted by atomic mass is 35.5. The van der Waals surface area contributed by atoms with Crippen molar-refractivity contribution in [1.29, 1.82) is 0 Å². The number of halogens is 4. The van der Waals surface area contributed by atoms with Crippen LogP contribution < -0.4 is 10.6 Å². The van der Waals surface area contributed by atoms with Crippen LogP contribution in [0.5, 0.6) is 0 Å². The number of benzene rings is 1.